The first-order valence-electron chi connectivity index (χ1n) is 44.1. The van der Waals surface area contributed by atoms with E-state index in [9.17, 15) is 0 Å². The van der Waals surface area contributed by atoms with Crippen LogP contribution in [0, 0.1) is 59.2 Å². The molecule has 0 saturated heterocycles. The summed E-state index contributed by atoms with van der Waals surface area (Å²) in [6.07, 6.45) is 0. The summed E-state index contributed by atoms with van der Waals surface area (Å²) in [5.74, 6) is 36.6. The van der Waals surface area contributed by atoms with Crippen LogP contribution in [0.15, 0.2) is 461 Å². The smallest absolute Gasteiger partial charge is 0.195 e. The summed E-state index contributed by atoms with van der Waals surface area (Å²) in [5, 5.41) is 0. The van der Waals surface area contributed by atoms with E-state index in [4.69, 9.17) is 9.47 Å². The summed E-state index contributed by atoms with van der Waals surface area (Å²) in [7, 11) is 0. The third-order valence-electron chi connectivity index (χ3n) is 24.3. The zero-order valence-corrected chi connectivity index (χ0v) is 71.9. The predicted molar refractivity (Wildman–Crippen MR) is 538 cm³/mol. The minimum atomic E-state index is -1.33. The average molecular weight is 1690 g/mol. The van der Waals surface area contributed by atoms with Gasteiger partial charge in [0.2, 0.25) is 0 Å². The van der Waals surface area contributed by atoms with Crippen LogP contribution in [0.1, 0.15) is 122 Å². The first kappa shape index (κ1) is 81.6. The van der Waals surface area contributed by atoms with Crippen LogP contribution in [0.3, 0.4) is 0 Å². The molecule has 0 N–H and O–H groups in total. The fourth-order valence-corrected chi connectivity index (χ4v) is 17.8. The highest BCUT2D eigenvalue weighted by Crippen LogP contribution is 2.55. The van der Waals surface area contributed by atoms with Crippen LogP contribution >= 0.6 is 0 Å². The Hall–Kier alpha value is -18.4. The molecule has 7 aliphatic heterocycles. The van der Waals surface area contributed by atoms with Crippen molar-refractivity contribution in [1.82, 2.24) is 0 Å². The van der Waals surface area contributed by atoms with Crippen LogP contribution in [-0.2, 0) is 19.8 Å². The quantitative estimate of drug-likeness (QED) is 0.128. The van der Waals surface area contributed by atoms with Crippen LogP contribution in [0.25, 0.3) is 66.9 Å². The van der Waals surface area contributed by atoms with E-state index in [2.05, 4.69) is 108 Å². The number of Topliss-reactive ketones (excluding diaryl/α,β-unsaturated/α-hetero) is 3. The zero-order valence-electron chi connectivity index (χ0n) is 71.9. The first-order chi connectivity index (χ1) is 65.6. The molecule has 0 saturated carbocycles. The molecule has 17 aromatic rings. The Labute approximate surface area is 773 Å². The van der Waals surface area contributed by atoms with Crippen molar-refractivity contribution in [3.8, 4) is 82.2 Å². The molecule has 0 unspecified atom stereocenters. The minimum Gasteiger partial charge on any atom is -0.457 e. The van der Waals surface area contributed by atoms with Gasteiger partial charge in [-0.15, -0.1) is 0 Å². The number of hydrogen-bond acceptors (Lipinski definition) is 5. The SMILES string of the molecule is O=C1C(c2ccccc2)=C(c2ccc(C#Cc3ccccc3)cc2)C(c2ccc(Oc3ccc(C4=C(c5ccccc5)C(=O)C5=C4c4ccc(cc4)Oc4ccc(cc4)C4=C(C(=O)C(c6ccccc6)=C4c4ccc(C#Cc6ccccc6)cc4)c4ccc(cc4)C(C#Cc4ccccc4)(C#Cc4ccccc4)c4ccc5cc4)cc3)cc2)=C1c1ccc(C#Cc2ccccc2)cc1. The number of carbonyl (C=O) groups excluding carboxylic acids is 3. The molecule has 17 aromatic carbocycles. The standard InChI is InChI=1S/C128H76O5/c129-125-119(95-35-19-6-20-36-95)113(98-53-47-92(48-54-98)44-41-87-25-9-1-10-26-87)116(122(125)104-57-51-94(52-58-104)46-43-89-29-13-3-14-30-89)101-65-77-110(78-66-101)132-109-75-63-100(64-76-109)115-118-103-69-81-112(82-70-103)133-111-79-67-102(68-80-111)117-114(99-55-49-93(50-56-99)45-42-88-27-11-2-12-28-88)120(96-37-21-7-22-38-96)126(130)123(117)105-59-71-107(72-60-105)128(85-83-90-31-15-4-16-32-90,86-84-91-33-17-5-18-34-91)108-73-61-106(62-74-108)124(118)127(131)121(115)97-39-23-8-24-40-97/h1-40,47-82H. The van der Waals surface area contributed by atoms with Gasteiger partial charge in [-0.25, -0.2) is 0 Å². The maximum atomic E-state index is 16.5. The molecule has 618 valence electrons. The summed E-state index contributed by atoms with van der Waals surface area (Å²) in [4.78, 5) is 48.4. The largest absolute Gasteiger partial charge is 0.457 e. The van der Waals surface area contributed by atoms with Crippen molar-refractivity contribution < 1.29 is 23.9 Å². The summed E-state index contributed by atoms with van der Waals surface area (Å²) >= 11 is 0. The van der Waals surface area contributed by atoms with Gasteiger partial charge in [0.25, 0.3) is 0 Å². The van der Waals surface area contributed by atoms with Gasteiger partial charge in [0.05, 0.1) is 0 Å². The Morgan fingerprint density at radius 3 is 0.571 bits per heavy atom. The molecule has 27 rings (SSSR count). The topological polar surface area (TPSA) is 69.7 Å². The number of ketones is 3. The highest BCUT2D eigenvalue weighted by Gasteiger charge is 2.41. The minimum absolute atomic E-state index is 0.0963. The molecule has 7 heterocycles. The number of carbonyl (C=O) groups is 3. The molecule has 0 aromatic heterocycles. The molecule has 5 nitrogen and oxygen atoms in total. The Balaban J connectivity index is 0.679. The third kappa shape index (κ3) is 16.8. The van der Waals surface area contributed by atoms with E-state index in [1.54, 1.807) is 0 Å². The van der Waals surface area contributed by atoms with Gasteiger partial charge in [-0.05, 0) is 223 Å². The molecule has 0 amide bonds. The van der Waals surface area contributed by atoms with Gasteiger partial charge in [-0.2, -0.15) is 0 Å². The van der Waals surface area contributed by atoms with E-state index in [1.807, 2.05) is 413 Å². The van der Waals surface area contributed by atoms with E-state index in [0.717, 1.165) is 145 Å². The zero-order chi connectivity index (χ0) is 89.4. The lowest BCUT2D eigenvalue weighted by Gasteiger charge is -2.25. The lowest BCUT2D eigenvalue weighted by molar-refractivity contribution is -0.109. The van der Waals surface area contributed by atoms with Gasteiger partial charge >= 0.3 is 0 Å². The van der Waals surface area contributed by atoms with Crippen molar-refractivity contribution in [2.24, 2.45) is 0 Å². The Kier molecular flexibility index (Phi) is 22.4. The van der Waals surface area contributed by atoms with Crippen LogP contribution in [0.5, 0.6) is 23.0 Å². The maximum Gasteiger partial charge on any atom is 0.195 e. The fraction of sp³-hybridized carbons (Fsp3) is 0.00781. The highest BCUT2D eigenvalue weighted by atomic mass is 16.5. The third-order valence-corrected chi connectivity index (χ3v) is 24.3. The van der Waals surface area contributed by atoms with Crippen LogP contribution in [-0.4, -0.2) is 17.3 Å². The van der Waals surface area contributed by atoms with Gasteiger partial charge in [0, 0.05) is 111 Å². The van der Waals surface area contributed by atoms with E-state index in [-0.39, 0.29) is 17.3 Å². The number of allylic oxidation sites excluding steroid dienone is 12. The molecule has 0 radical (unpaired) electrons. The van der Waals surface area contributed by atoms with Crippen molar-refractivity contribution in [2.45, 2.75) is 5.41 Å². The fourth-order valence-electron chi connectivity index (χ4n) is 17.8. The Bertz CT molecular complexity index is 7920. The Morgan fingerprint density at radius 2 is 0.338 bits per heavy atom. The summed E-state index contributed by atoms with van der Waals surface area (Å²) in [6, 6.07) is 152. The van der Waals surface area contributed by atoms with Crippen molar-refractivity contribution in [3.05, 3.63) is 583 Å². The number of ether oxygens (including phenoxy) is 2. The van der Waals surface area contributed by atoms with E-state index in [0.29, 0.717) is 67.6 Å². The molecule has 5 heteroatoms. The van der Waals surface area contributed by atoms with Gasteiger partial charge in [-0.3, -0.25) is 14.4 Å². The maximum absolute atomic E-state index is 16.5. The molecular formula is C128H76O5. The van der Waals surface area contributed by atoms with Crippen molar-refractivity contribution in [1.29, 1.82) is 0 Å². The molecular weight excluding hydrogens is 1620 g/mol. The molecule has 0 spiro atoms. The van der Waals surface area contributed by atoms with Gasteiger partial charge in [-0.1, -0.05) is 375 Å². The summed E-state index contributed by atoms with van der Waals surface area (Å²) in [6.45, 7) is 0. The number of hydrogen-bond donors (Lipinski definition) is 0. The van der Waals surface area contributed by atoms with Gasteiger partial charge < -0.3 is 9.47 Å². The second kappa shape index (κ2) is 36.5. The molecule has 8 bridgehead atoms. The second-order valence-electron chi connectivity index (χ2n) is 32.6. The molecule has 10 aliphatic rings. The lowest BCUT2D eigenvalue weighted by Crippen LogP contribution is -2.24. The molecule has 133 heavy (non-hydrogen) atoms. The molecule has 0 atom stereocenters. The Morgan fingerprint density at radius 1 is 0.165 bits per heavy atom. The van der Waals surface area contributed by atoms with Crippen LogP contribution < -0.4 is 9.47 Å². The van der Waals surface area contributed by atoms with Crippen molar-refractivity contribution >= 4 is 84.2 Å². The summed E-state index contributed by atoms with van der Waals surface area (Å²) in [5.41, 5.74) is 24.3. The predicted octanol–water partition coefficient (Wildman–Crippen LogP) is 27.5. The van der Waals surface area contributed by atoms with Crippen molar-refractivity contribution in [3.63, 3.8) is 0 Å². The molecule has 3 aliphatic carbocycles. The average Bonchev–Trinajstić information content (AvgIpc) is 1.57. The van der Waals surface area contributed by atoms with Crippen LogP contribution in [0.2, 0.25) is 0 Å². The van der Waals surface area contributed by atoms with Gasteiger partial charge in [0.15, 0.2) is 17.3 Å². The normalized spacial score (nSPS) is 13.4. The van der Waals surface area contributed by atoms with E-state index >= 15 is 14.4 Å². The first-order valence-corrected chi connectivity index (χ1v) is 44.1. The second-order valence-corrected chi connectivity index (χ2v) is 32.6. The van der Waals surface area contributed by atoms with E-state index < -0.39 is 5.41 Å². The van der Waals surface area contributed by atoms with Gasteiger partial charge in [0.1, 0.15) is 28.4 Å². The number of rotatable bonds is 10. The monoisotopic (exact) mass is 1690 g/mol. The lowest BCUT2D eigenvalue weighted by atomic mass is 9.74. The van der Waals surface area contributed by atoms with E-state index in [1.165, 1.54) is 0 Å². The summed E-state index contributed by atoms with van der Waals surface area (Å²) < 4.78 is 13.7. The van der Waals surface area contributed by atoms with Crippen molar-refractivity contribution in [2.75, 3.05) is 0 Å². The molecule has 0 fully saturated rings. The van der Waals surface area contributed by atoms with Crippen LogP contribution in [0.4, 0.5) is 0 Å². The highest BCUT2D eigenvalue weighted by molar-refractivity contribution is 6.61. The number of benzene rings is 17.